The summed E-state index contributed by atoms with van der Waals surface area (Å²) >= 11 is 0. The summed E-state index contributed by atoms with van der Waals surface area (Å²) in [5.74, 6) is 0.964. The summed E-state index contributed by atoms with van der Waals surface area (Å²) in [5, 5.41) is 4.99. The number of nitrogens with zero attached hydrogens (tertiary/aromatic N) is 1. The number of hydrogen-bond donors (Lipinski definition) is 0. The second-order valence-corrected chi connectivity index (χ2v) is 5.55. The van der Waals surface area contributed by atoms with Crippen LogP contribution in [0.15, 0.2) is 41.4 Å². The highest BCUT2D eigenvalue weighted by Crippen LogP contribution is 2.40. The van der Waals surface area contributed by atoms with E-state index in [0.717, 1.165) is 24.3 Å². The molecule has 0 fully saturated rings. The van der Waals surface area contributed by atoms with Gasteiger partial charge in [-0.15, -0.1) is 0 Å². The first-order chi connectivity index (χ1) is 10.3. The lowest BCUT2D eigenvalue weighted by Gasteiger charge is -2.21. The van der Waals surface area contributed by atoms with E-state index in [0.29, 0.717) is 0 Å². The third-order valence-electron chi connectivity index (χ3n) is 4.50. The number of aliphatic imine (C=N–C) groups is 1. The zero-order chi connectivity index (χ0) is 14.4. The average molecular weight is 275 g/mol. The van der Waals surface area contributed by atoms with Crippen LogP contribution in [0.3, 0.4) is 0 Å². The van der Waals surface area contributed by atoms with E-state index >= 15 is 0 Å². The van der Waals surface area contributed by atoms with E-state index in [4.69, 9.17) is 4.74 Å². The van der Waals surface area contributed by atoms with Crippen LogP contribution in [0.4, 0.5) is 0 Å². The monoisotopic (exact) mass is 275 g/mol. The maximum atomic E-state index is 5.80. The molecule has 0 spiro atoms. The molecule has 1 aliphatic rings. The lowest BCUT2D eigenvalue weighted by molar-refractivity contribution is 0.418. The van der Waals surface area contributed by atoms with Gasteiger partial charge in [0.1, 0.15) is 5.75 Å². The molecule has 3 aromatic rings. The predicted octanol–water partition coefficient (Wildman–Crippen LogP) is 4.29. The van der Waals surface area contributed by atoms with Crippen molar-refractivity contribution in [1.82, 2.24) is 0 Å². The van der Waals surface area contributed by atoms with Gasteiger partial charge >= 0.3 is 0 Å². The average Bonchev–Trinajstić information content (AvgIpc) is 2.55. The van der Waals surface area contributed by atoms with Crippen molar-refractivity contribution in [2.75, 3.05) is 13.7 Å². The SMILES string of the molecule is COc1c2c(c(C)c3ccc4ccccc4c13)CCN=C2. The van der Waals surface area contributed by atoms with Gasteiger partial charge in [-0.25, -0.2) is 0 Å². The summed E-state index contributed by atoms with van der Waals surface area (Å²) < 4.78 is 5.80. The van der Waals surface area contributed by atoms with E-state index in [1.54, 1.807) is 7.11 Å². The minimum absolute atomic E-state index is 0.871. The molecule has 0 aromatic heterocycles. The third-order valence-corrected chi connectivity index (χ3v) is 4.50. The first-order valence-corrected chi connectivity index (χ1v) is 7.32. The van der Waals surface area contributed by atoms with E-state index in [2.05, 4.69) is 48.3 Å². The quantitative estimate of drug-likeness (QED) is 0.607. The van der Waals surface area contributed by atoms with Gasteiger partial charge < -0.3 is 4.74 Å². The van der Waals surface area contributed by atoms with Gasteiger partial charge in [-0.2, -0.15) is 0 Å². The summed E-state index contributed by atoms with van der Waals surface area (Å²) in [6, 6.07) is 12.9. The molecule has 0 amide bonds. The molecule has 3 aromatic carbocycles. The van der Waals surface area contributed by atoms with Crippen molar-refractivity contribution < 1.29 is 4.74 Å². The lowest BCUT2D eigenvalue weighted by Crippen LogP contribution is -2.08. The smallest absolute Gasteiger partial charge is 0.136 e. The number of hydrogen-bond acceptors (Lipinski definition) is 2. The summed E-state index contributed by atoms with van der Waals surface area (Å²) in [6.45, 7) is 3.09. The second kappa shape index (κ2) is 4.59. The Kier molecular flexibility index (Phi) is 2.71. The molecule has 1 aliphatic heterocycles. The van der Waals surface area contributed by atoms with Gasteiger partial charge in [0, 0.05) is 23.7 Å². The van der Waals surface area contributed by atoms with E-state index in [1.807, 2.05) is 6.21 Å². The maximum Gasteiger partial charge on any atom is 0.136 e. The number of rotatable bonds is 1. The first-order valence-electron chi connectivity index (χ1n) is 7.32. The molecule has 0 saturated carbocycles. The van der Waals surface area contributed by atoms with Crippen molar-refractivity contribution in [3.05, 3.63) is 53.1 Å². The molecule has 2 nitrogen and oxygen atoms in total. The molecule has 0 atom stereocenters. The largest absolute Gasteiger partial charge is 0.495 e. The van der Waals surface area contributed by atoms with Crippen LogP contribution in [0.1, 0.15) is 16.7 Å². The molecular weight excluding hydrogens is 258 g/mol. The molecule has 0 N–H and O–H groups in total. The first kappa shape index (κ1) is 12.4. The third kappa shape index (κ3) is 1.69. The van der Waals surface area contributed by atoms with Crippen LogP contribution in [0.2, 0.25) is 0 Å². The Bertz CT molecular complexity index is 893. The number of methoxy groups -OCH3 is 1. The Morgan fingerprint density at radius 1 is 1.05 bits per heavy atom. The highest BCUT2D eigenvalue weighted by molar-refractivity contribution is 6.14. The van der Waals surface area contributed by atoms with Gasteiger partial charge in [0.25, 0.3) is 0 Å². The summed E-state index contributed by atoms with van der Waals surface area (Å²) in [5.41, 5.74) is 3.90. The fourth-order valence-electron chi connectivity index (χ4n) is 3.47. The van der Waals surface area contributed by atoms with Gasteiger partial charge in [-0.05, 0) is 40.6 Å². The van der Waals surface area contributed by atoms with Crippen LogP contribution in [0.25, 0.3) is 21.5 Å². The molecule has 2 heteroatoms. The van der Waals surface area contributed by atoms with E-state index in [1.165, 1.54) is 32.7 Å². The predicted molar refractivity (Wildman–Crippen MR) is 88.9 cm³/mol. The van der Waals surface area contributed by atoms with Crippen molar-refractivity contribution >= 4 is 27.8 Å². The van der Waals surface area contributed by atoms with Gasteiger partial charge in [0.15, 0.2) is 0 Å². The fourth-order valence-corrected chi connectivity index (χ4v) is 3.47. The van der Waals surface area contributed by atoms with Crippen molar-refractivity contribution in [2.45, 2.75) is 13.3 Å². The minimum atomic E-state index is 0.871. The van der Waals surface area contributed by atoms with Crippen LogP contribution >= 0.6 is 0 Å². The van der Waals surface area contributed by atoms with Gasteiger partial charge in [0.05, 0.1) is 7.11 Å². The van der Waals surface area contributed by atoms with Gasteiger partial charge in [-0.1, -0.05) is 36.4 Å². The lowest BCUT2D eigenvalue weighted by atomic mass is 9.89. The van der Waals surface area contributed by atoms with Crippen molar-refractivity contribution in [3.63, 3.8) is 0 Å². The molecule has 1 heterocycles. The van der Waals surface area contributed by atoms with E-state index in [-0.39, 0.29) is 0 Å². The van der Waals surface area contributed by atoms with Crippen LogP contribution in [-0.4, -0.2) is 19.9 Å². The highest BCUT2D eigenvalue weighted by Gasteiger charge is 2.19. The fraction of sp³-hybridized carbons (Fsp3) is 0.211. The molecule has 0 unspecified atom stereocenters. The van der Waals surface area contributed by atoms with Crippen LogP contribution in [-0.2, 0) is 6.42 Å². The van der Waals surface area contributed by atoms with Crippen LogP contribution in [0.5, 0.6) is 5.75 Å². The molecular formula is C19H17NO. The molecule has 0 saturated heterocycles. The molecule has 0 radical (unpaired) electrons. The highest BCUT2D eigenvalue weighted by atomic mass is 16.5. The molecule has 0 bridgehead atoms. The number of fused-ring (bicyclic) bond motifs is 4. The minimum Gasteiger partial charge on any atom is -0.495 e. The Labute approximate surface area is 124 Å². The zero-order valence-corrected chi connectivity index (χ0v) is 12.3. The molecule has 21 heavy (non-hydrogen) atoms. The van der Waals surface area contributed by atoms with Crippen LogP contribution < -0.4 is 4.74 Å². The topological polar surface area (TPSA) is 21.6 Å². The Hall–Kier alpha value is -2.35. The Balaban J connectivity index is 2.28. The van der Waals surface area contributed by atoms with E-state index in [9.17, 15) is 0 Å². The molecule has 104 valence electrons. The standard InChI is InChI=1S/C19H17NO/c1-12-14-9-10-20-11-17(14)19(21-2)18-15(12)8-7-13-5-3-4-6-16(13)18/h3-8,11H,9-10H2,1-2H3. The Morgan fingerprint density at radius 2 is 1.90 bits per heavy atom. The summed E-state index contributed by atoms with van der Waals surface area (Å²) in [7, 11) is 1.76. The summed E-state index contributed by atoms with van der Waals surface area (Å²) in [4.78, 5) is 4.45. The van der Waals surface area contributed by atoms with Gasteiger partial charge in [0.2, 0.25) is 0 Å². The second-order valence-electron chi connectivity index (χ2n) is 5.55. The number of ether oxygens (including phenoxy) is 1. The van der Waals surface area contributed by atoms with Crippen molar-refractivity contribution in [2.24, 2.45) is 4.99 Å². The number of aryl methyl sites for hydroxylation is 1. The van der Waals surface area contributed by atoms with Crippen molar-refractivity contribution in [3.8, 4) is 5.75 Å². The Morgan fingerprint density at radius 3 is 2.76 bits per heavy atom. The van der Waals surface area contributed by atoms with E-state index < -0.39 is 0 Å². The van der Waals surface area contributed by atoms with Gasteiger partial charge in [-0.3, -0.25) is 4.99 Å². The maximum absolute atomic E-state index is 5.80. The normalized spacial score (nSPS) is 13.6. The summed E-state index contributed by atoms with van der Waals surface area (Å²) in [6.07, 6.45) is 2.97. The van der Waals surface area contributed by atoms with Crippen LogP contribution in [0, 0.1) is 6.92 Å². The molecule has 0 aliphatic carbocycles. The van der Waals surface area contributed by atoms with Crippen molar-refractivity contribution in [1.29, 1.82) is 0 Å². The zero-order valence-electron chi connectivity index (χ0n) is 12.3. The molecule has 4 rings (SSSR count). The number of benzene rings is 3.